The van der Waals surface area contributed by atoms with E-state index in [1.807, 2.05) is 12.1 Å². The zero-order valence-electron chi connectivity index (χ0n) is 8.07. The molecule has 3 nitrogen and oxygen atoms in total. The Morgan fingerprint density at radius 3 is 2.54 bits per heavy atom. The van der Waals surface area contributed by atoms with Crippen molar-refractivity contribution in [1.29, 1.82) is 0 Å². The molecule has 0 aliphatic carbocycles. The third kappa shape index (κ3) is 3.53. The SMILES string of the molecule is CC(NC[C@H](C)O)c1ccncc1. The van der Waals surface area contributed by atoms with E-state index in [9.17, 15) is 0 Å². The molecule has 3 heteroatoms. The first-order valence-corrected chi connectivity index (χ1v) is 4.51. The van der Waals surface area contributed by atoms with Gasteiger partial charge in [-0.15, -0.1) is 0 Å². The van der Waals surface area contributed by atoms with Crippen LogP contribution >= 0.6 is 0 Å². The number of nitrogens with one attached hydrogen (secondary N) is 1. The van der Waals surface area contributed by atoms with Crippen LogP contribution in [0.15, 0.2) is 24.5 Å². The molecule has 0 spiro atoms. The predicted molar refractivity (Wildman–Crippen MR) is 52.3 cm³/mol. The Labute approximate surface area is 78.8 Å². The van der Waals surface area contributed by atoms with Gasteiger partial charge in [0, 0.05) is 25.0 Å². The molecule has 0 radical (unpaired) electrons. The second-order valence-corrected chi connectivity index (χ2v) is 3.26. The lowest BCUT2D eigenvalue weighted by Crippen LogP contribution is -2.27. The first-order valence-electron chi connectivity index (χ1n) is 4.51. The van der Waals surface area contributed by atoms with Crippen LogP contribution < -0.4 is 5.32 Å². The topological polar surface area (TPSA) is 45.1 Å². The number of aromatic nitrogens is 1. The molecule has 0 amide bonds. The maximum Gasteiger partial charge on any atom is 0.0636 e. The number of pyridine rings is 1. The van der Waals surface area contributed by atoms with Crippen molar-refractivity contribution in [2.75, 3.05) is 6.54 Å². The highest BCUT2D eigenvalue weighted by molar-refractivity contribution is 5.13. The molecule has 0 fully saturated rings. The van der Waals surface area contributed by atoms with Crippen LogP contribution in [0.5, 0.6) is 0 Å². The van der Waals surface area contributed by atoms with E-state index < -0.39 is 0 Å². The Bertz CT molecular complexity index is 236. The fourth-order valence-electron chi connectivity index (χ4n) is 1.12. The van der Waals surface area contributed by atoms with Crippen molar-refractivity contribution < 1.29 is 5.11 Å². The van der Waals surface area contributed by atoms with Crippen LogP contribution in [-0.4, -0.2) is 22.7 Å². The summed E-state index contributed by atoms with van der Waals surface area (Å²) in [5.41, 5.74) is 1.19. The number of aliphatic hydroxyl groups is 1. The second kappa shape index (κ2) is 4.94. The number of hydrogen-bond donors (Lipinski definition) is 2. The van der Waals surface area contributed by atoms with Crippen molar-refractivity contribution in [2.24, 2.45) is 0 Å². The number of aliphatic hydroxyl groups excluding tert-OH is 1. The van der Waals surface area contributed by atoms with E-state index in [-0.39, 0.29) is 12.1 Å². The smallest absolute Gasteiger partial charge is 0.0636 e. The molecule has 13 heavy (non-hydrogen) atoms. The molecule has 1 unspecified atom stereocenters. The summed E-state index contributed by atoms with van der Waals surface area (Å²) in [7, 11) is 0. The van der Waals surface area contributed by atoms with Gasteiger partial charge >= 0.3 is 0 Å². The highest BCUT2D eigenvalue weighted by atomic mass is 16.3. The van der Waals surface area contributed by atoms with E-state index in [0.717, 1.165) is 0 Å². The maximum absolute atomic E-state index is 9.07. The maximum atomic E-state index is 9.07. The van der Waals surface area contributed by atoms with E-state index in [1.54, 1.807) is 19.3 Å². The normalized spacial score (nSPS) is 15.3. The van der Waals surface area contributed by atoms with Gasteiger partial charge in [0.2, 0.25) is 0 Å². The van der Waals surface area contributed by atoms with E-state index in [1.165, 1.54) is 5.56 Å². The van der Waals surface area contributed by atoms with Crippen molar-refractivity contribution in [2.45, 2.75) is 26.0 Å². The van der Waals surface area contributed by atoms with Gasteiger partial charge < -0.3 is 10.4 Å². The quantitative estimate of drug-likeness (QED) is 0.729. The largest absolute Gasteiger partial charge is 0.392 e. The van der Waals surface area contributed by atoms with Crippen LogP contribution in [0.1, 0.15) is 25.5 Å². The third-order valence-electron chi connectivity index (χ3n) is 1.93. The average molecular weight is 180 g/mol. The molecule has 1 heterocycles. The van der Waals surface area contributed by atoms with Crippen molar-refractivity contribution in [3.8, 4) is 0 Å². The first kappa shape index (κ1) is 10.2. The van der Waals surface area contributed by atoms with Crippen LogP contribution in [-0.2, 0) is 0 Å². The minimum atomic E-state index is -0.302. The van der Waals surface area contributed by atoms with Crippen molar-refractivity contribution in [3.05, 3.63) is 30.1 Å². The van der Waals surface area contributed by atoms with Crippen LogP contribution in [0.3, 0.4) is 0 Å². The summed E-state index contributed by atoms with van der Waals surface area (Å²) in [5, 5.41) is 12.3. The Kier molecular flexibility index (Phi) is 3.86. The van der Waals surface area contributed by atoms with Gasteiger partial charge in [-0.1, -0.05) is 0 Å². The zero-order valence-corrected chi connectivity index (χ0v) is 8.07. The molecule has 0 aliphatic rings. The van der Waals surface area contributed by atoms with Gasteiger partial charge in [-0.05, 0) is 31.5 Å². The zero-order chi connectivity index (χ0) is 9.68. The minimum Gasteiger partial charge on any atom is -0.392 e. The molecule has 0 saturated carbocycles. The molecule has 1 rings (SSSR count). The molecule has 2 N–H and O–H groups in total. The van der Waals surface area contributed by atoms with Crippen LogP contribution in [0.4, 0.5) is 0 Å². The predicted octanol–water partition coefficient (Wildman–Crippen LogP) is 1.11. The molecule has 0 saturated heterocycles. The number of nitrogens with zero attached hydrogens (tertiary/aromatic N) is 1. The Hall–Kier alpha value is -0.930. The summed E-state index contributed by atoms with van der Waals surface area (Å²) in [5.74, 6) is 0. The van der Waals surface area contributed by atoms with E-state index >= 15 is 0 Å². The Balaban J connectivity index is 2.44. The summed E-state index contributed by atoms with van der Waals surface area (Å²) < 4.78 is 0. The second-order valence-electron chi connectivity index (χ2n) is 3.26. The molecule has 1 aromatic heterocycles. The Morgan fingerprint density at radius 2 is 2.00 bits per heavy atom. The molecular weight excluding hydrogens is 164 g/mol. The lowest BCUT2D eigenvalue weighted by atomic mass is 10.1. The van der Waals surface area contributed by atoms with Gasteiger partial charge in [-0.3, -0.25) is 4.98 Å². The van der Waals surface area contributed by atoms with E-state index in [4.69, 9.17) is 5.11 Å². The Morgan fingerprint density at radius 1 is 1.38 bits per heavy atom. The fourth-order valence-corrected chi connectivity index (χ4v) is 1.12. The summed E-state index contributed by atoms with van der Waals surface area (Å²) in [6.45, 7) is 4.45. The van der Waals surface area contributed by atoms with Gasteiger partial charge in [0.25, 0.3) is 0 Å². The fraction of sp³-hybridized carbons (Fsp3) is 0.500. The summed E-state index contributed by atoms with van der Waals surface area (Å²) in [6.07, 6.45) is 3.25. The van der Waals surface area contributed by atoms with E-state index in [2.05, 4.69) is 17.2 Å². The lowest BCUT2D eigenvalue weighted by molar-refractivity contribution is 0.187. The molecule has 1 aromatic rings. The van der Waals surface area contributed by atoms with Crippen LogP contribution in [0.2, 0.25) is 0 Å². The molecule has 0 aromatic carbocycles. The molecule has 2 atom stereocenters. The highest BCUT2D eigenvalue weighted by Gasteiger charge is 2.04. The van der Waals surface area contributed by atoms with Crippen LogP contribution in [0.25, 0.3) is 0 Å². The first-order chi connectivity index (χ1) is 6.20. The van der Waals surface area contributed by atoms with Gasteiger partial charge in [-0.25, -0.2) is 0 Å². The van der Waals surface area contributed by atoms with Crippen molar-refractivity contribution in [3.63, 3.8) is 0 Å². The number of hydrogen-bond acceptors (Lipinski definition) is 3. The minimum absolute atomic E-state index is 0.262. The van der Waals surface area contributed by atoms with Gasteiger partial charge in [0.05, 0.1) is 6.10 Å². The summed E-state index contributed by atoms with van der Waals surface area (Å²) in [4.78, 5) is 3.95. The average Bonchev–Trinajstić information content (AvgIpc) is 2.15. The monoisotopic (exact) mass is 180 g/mol. The number of rotatable bonds is 4. The molecule has 72 valence electrons. The lowest BCUT2D eigenvalue weighted by Gasteiger charge is -2.14. The van der Waals surface area contributed by atoms with E-state index in [0.29, 0.717) is 6.54 Å². The highest BCUT2D eigenvalue weighted by Crippen LogP contribution is 2.09. The molecule has 0 bridgehead atoms. The third-order valence-corrected chi connectivity index (χ3v) is 1.93. The van der Waals surface area contributed by atoms with Crippen molar-refractivity contribution >= 4 is 0 Å². The van der Waals surface area contributed by atoms with Crippen LogP contribution in [0, 0.1) is 0 Å². The molecule has 0 aliphatic heterocycles. The van der Waals surface area contributed by atoms with Gasteiger partial charge in [0.1, 0.15) is 0 Å². The summed E-state index contributed by atoms with van der Waals surface area (Å²) >= 11 is 0. The molecular formula is C10H16N2O. The van der Waals surface area contributed by atoms with Crippen molar-refractivity contribution in [1.82, 2.24) is 10.3 Å². The standard InChI is InChI=1S/C10H16N2O/c1-8(13)7-12-9(2)10-3-5-11-6-4-10/h3-6,8-9,12-13H,7H2,1-2H3/t8-,9?/m0/s1. The van der Waals surface area contributed by atoms with Gasteiger partial charge in [0.15, 0.2) is 0 Å². The summed E-state index contributed by atoms with van der Waals surface area (Å²) in [6, 6.07) is 4.21. The van der Waals surface area contributed by atoms with Gasteiger partial charge in [-0.2, -0.15) is 0 Å².